The Morgan fingerprint density at radius 1 is 0.591 bits per heavy atom. The summed E-state index contributed by atoms with van der Waals surface area (Å²) in [5.74, 6) is -29.5. The van der Waals surface area contributed by atoms with Crippen LogP contribution in [0, 0.1) is 11.8 Å². The topological polar surface area (TPSA) is 682 Å². The Labute approximate surface area is 665 Å². The third kappa shape index (κ3) is 31.8. The molecule has 0 spiro atoms. The minimum Gasteiger partial charge on any atom is -0.481 e. The average Bonchev–Trinajstić information content (AvgIpc) is 1.74. The molecule has 0 radical (unpaired) electrons. The van der Waals surface area contributed by atoms with Crippen LogP contribution >= 0.6 is 23.2 Å². The normalized spacial score (nSPS) is 21.6. The summed E-state index contributed by atoms with van der Waals surface area (Å²) >= 11 is 12.3. The third-order valence-electron chi connectivity index (χ3n) is 17.3. The van der Waals surface area contributed by atoms with E-state index in [-0.39, 0.29) is 41.6 Å². The Bertz CT molecular complexity index is 4250. The van der Waals surface area contributed by atoms with Crippen LogP contribution in [0.3, 0.4) is 0 Å². The zero-order chi connectivity index (χ0) is 86.2. The molecule has 3 aromatic rings. The number of esters is 1. The molecule has 1 saturated heterocycles. The number of ketones is 1. The van der Waals surface area contributed by atoms with Gasteiger partial charge < -0.3 is 116 Å². The number of aromatic nitrogens is 1. The number of benzene rings is 2. The van der Waals surface area contributed by atoms with Gasteiger partial charge in [0.05, 0.1) is 45.2 Å². The van der Waals surface area contributed by atoms with Gasteiger partial charge in [0.2, 0.25) is 82.7 Å². The number of nitrogens with two attached hydrogens (primary N) is 3. The van der Waals surface area contributed by atoms with E-state index < -0.39 is 255 Å². The number of rotatable bonds is 30. The Kier molecular flexibility index (Phi) is 37.7. The van der Waals surface area contributed by atoms with Gasteiger partial charge in [-0.05, 0) is 87.9 Å². The first-order valence-electron chi connectivity index (χ1n) is 35.6. The van der Waals surface area contributed by atoms with Gasteiger partial charge in [-0.1, -0.05) is 74.7 Å². The van der Waals surface area contributed by atoms with Gasteiger partial charge in [-0.15, -0.1) is 0 Å². The number of hydrogen-bond donors (Lipinski definition) is 21. The number of nitrogens with one attached hydrogen (secondary N) is 14. The predicted octanol–water partition coefficient (Wildman–Crippen LogP) is -4.27. The van der Waals surface area contributed by atoms with Gasteiger partial charge in [-0.2, -0.15) is 0 Å². The fourth-order valence-corrected chi connectivity index (χ4v) is 11.3. The van der Waals surface area contributed by atoms with Crippen LogP contribution in [0.1, 0.15) is 115 Å². The highest BCUT2D eigenvalue weighted by Gasteiger charge is 2.41. The van der Waals surface area contributed by atoms with Crippen molar-refractivity contribution in [3.63, 3.8) is 0 Å². The summed E-state index contributed by atoms with van der Waals surface area (Å²) in [5, 5.41) is 68.6. The van der Waals surface area contributed by atoms with Crippen molar-refractivity contribution in [3.8, 4) is 0 Å². The van der Waals surface area contributed by atoms with Crippen molar-refractivity contribution in [2.24, 2.45) is 23.3 Å². The van der Waals surface area contributed by atoms with Crippen LogP contribution in [-0.4, -0.2) is 236 Å². The molecule has 0 saturated carbocycles. The molecule has 1 aromatic heterocycles. The second kappa shape index (κ2) is 45.8. The maximum atomic E-state index is 14.9. The number of carboxylic acid groups (broad SMARTS) is 4. The van der Waals surface area contributed by atoms with Crippen LogP contribution in [0.25, 0.3) is 10.9 Å². The molecule has 0 bridgehead atoms. The molecule has 2 heterocycles. The number of carbonyl (C=O) groups excluding carboxylic acids is 16. The Hall–Kier alpha value is -12.6. The number of aliphatic carboxylic acids is 4. The van der Waals surface area contributed by atoms with Crippen LogP contribution in [0.4, 0.5) is 5.69 Å². The molecular formula is C71H93Cl2N17O25. The third-order valence-corrected chi connectivity index (χ3v) is 17.8. The van der Waals surface area contributed by atoms with E-state index in [0.717, 1.165) is 52.3 Å². The van der Waals surface area contributed by atoms with E-state index in [1.165, 1.54) is 18.3 Å². The summed E-state index contributed by atoms with van der Waals surface area (Å²) in [7, 11) is 0. The molecule has 4 rings (SSSR count). The lowest BCUT2D eigenvalue weighted by Crippen LogP contribution is -2.61. The van der Waals surface area contributed by atoms with Gasteiger partial charge in [0.25, 0.3) is 0 Å². The molecule has 42 nitrogen and oxygen atoms in total. The monoisotopic (exact) mass is 1650 g/mol. The molecule has 1 aliphatic heterocycles. The Balaban J connectivity index is 1.90. The number of amides is 14. The van der Waals surface area contributed by atoms with Gasteiger partial charge >= 0.3 is 29.8 Å². The number of cyclic esters (lactones) is 1. The van der Waals surface area contributed by atoms with Gasteiger partial charge in [0.15, 0.2) is 5.78 Å². The molecule has 2 aromatic carbocycles. The number of anilines is 1. The number of primary amides is 1. The van der Waals surface area contributed by atoms with E-state index in [0.29, 0.717) is 21.5 Å². The summed E-state index contributed by atoms with van der Waals surface area (Å²) in [6.07, 6.45) is -1.82. The highest BCUT2D eigenvalue weighted by Crippen LogP contribution is 2.25. The first-order valence-corrected chi connectivity index (χ1v) is 36.4. The first kappa shape index (κ1) is 94.8. The molecule has 14 atom stereocenters. The molecule has 44 heteroatoms. The number of H-pyrrole nitrogens is 1. The quantitative estimate of drug-likeness (QED) is 0.00988. The number of halogens is 2. The van der Waals surface area contributed by atoms with Crippen molar-refractivity contribution < 1.29 is 121 Å². The summed E-state index contributed by atoms with van der Waals surface area (Å²) in [4.78, 5) is 276. The van der Waals surface area contributed by atoms with Crippen LogP contribution in [0.5, 0.6) is 0 Å². The summed E-state index contributed by atoms with van der Waals surface area (Å²) in [6.45, 7) is 5.37. The molecule has 14 amide bonds. The van der Waals surface area contributed by atoms with E-state index in [2.05, 4.69) is 63.5 Å². The summed E-state index contributed by atoms with van der Waals surface area (Å²) in [5.41, 5.74) is 17.7. The maximum absolute atomic E-state index is 14.9. The van der Waals surface area contributed by atoms with Crippen molar-refractivity contribution in [1.82, 2.24) is 74.1 Å². The van der Waals surface area contributed by atoms with Crippen molar-refractivity contribution in [2.45, 2.75) is 178 Å². The van der Waals surface area contributed by atoms with E-state index in [1.807, 2.05) is 24.5 Å². The number of carboxylic acids is 4. The highest BCUT2D eigenvalue weighted by atomic mass is 35.5. The molecule has 626 valence electrons. The second-order valence-electron chi connectivity index (χ2n) is 26.7. The van der Waals surface area contributed by atoms with Crippen LogP contribution < -0.4 is 86.3 Å². The van der Waals surface area contributed by atoms with E-state index in [4.69, 9.17) is 45.1 Å². The smallest absolute Gasteiger partial charge is 0.329 e. The summed E-state index contributed by atoms with van der Waals surface area (Å²) in [6, 6.07) is -14.2. The lowest BCUT2D eigenvalue weighted by molar-refractivity contribution is -0.156. The number of nitrogen functional groups attached to an aromatic ring is 1. The number of carbonyl (C=O) groups is 20. The predicted molar refractivity (Wildman–Crippen MR) is 404 cm³/mol. The number of fused-ring (bicyclic) bond motifs is 1. The van der Waals surface area contributed by atoms with Crippen molar-refractivity contribution in [3.05, 3.63) is 88.1 Å². The standard InChI is InChI=1S/C71H93Cl2N17O25/c1-7-31(2)11-8-9-13-52(93)83-44(20-36-28-77-43-22-38(73)14-16-39(36)43)66(109)85-45(24-51(76)92)67(110)87-48(27-58(102)103)68(111)90-60-35(6)115-71(114)49(23-50(91)40-17-15-37(72)21-41(40)75)88-70(113)59(32(3)19-55(96)97)89-62(105)33(4)80-53(94)29-78-63(106)46(25-56(98)99)84-61(104)34(5)81-65(108)47(26-57(100)101)86-64(107)42(12-10-18-74)82-54(95)30-79-69(60)112/h8-9,11,13-17,21-22,28,31-35,42,44-49,59-60,77H,7,10,12,18-20,23-27,29-30,74-75H2,1-6H3,(H2,76,92)(H,78,106)(H,79,112)(H,80,94)(H,81,108)(H,82,95)(H,83,93)(H,84,104)(H,85,109)(H,86,107)(H,87,110)(H,88,113)(H,89,105)(H,90,111)(H,96,97)(H,98,99)(H,100,101)(H,102,103)/b11-8+,13-9+/t31-,32+,33+,34+,35+,42-,44-,45+,46-,47-,48-,49-,59-,60-/m0/s1. The molecule has 0 unspecified atom stereocenters. The van der Waals surface area contributed by atoms with Crippen LogP contribution in [0.2, 0.25) is 10.0 Å². The van der Waals surface area contributed by atoms with Gasteiger partial charge in [0, 0.05) is 57.3 Å². The molecule has 0 aliphatic carbocycles. The first-order chi connectivity index (χ1) is 54.0. The number of aromatic amines is 1. The molecule has 1 fully saturated rings. The average molecular weight is 1660 g/mol. The van der Waals surface area contributed by atoms with Gasteiger partial charge in [-0.25, -0.2) is 4.79 Å². The molecule has 1 aliphatic rings. The SMILES string of the molecule is CC[C@H](C)/C=C/C=C/C(=O)N[C@@H](Cc1c[nH]c2cc(Cl)ccc12)C(=O)N[C@H](CC(N)=O)C(=O)N[C@@H](CC(=O)O)C(=O)N[C@@H]1C(=O)NCC(=O)N[C@@H](CCCN)C(=O)N[C@@H](CC(=O)O)C(=O)N[C@H](C)C(=O)N[C@@H](CC(=O)O)C(=O)NCC(=O)N[C@H](C)C(=O)N[C@@H]([C@H](C)CC(=O)O)C(=O)N[C@@H](CC(=O)c2ccc(Cl)cc2N)C(=O)O[C@@H]1C. The Morgan fingerprint density at radius 2 is 1.14 bits per heavy atom. The van der Waals surface area contributed by atoms with Crippen LogP contribution in [-0.2, 0) is 102 Å². The number of allylic oxidation sites excluding steroid dienone is 3. The zero-order valence-corrected chi connectivity index (χ0v) is 64.5. The maximum Gasteiger partial charge on any atom is 0.329 e. The molecular weight excluding hydrogens is 1560 g/mol. The minimum absolute atomic E-state index is 0.0123. The fourth-order valence-electron chi connectivity index (χ4n) is 11.0. The van der Waals surface area contributed by atoms with Gasteiger partial charge in [-0.3, -0.25) is 91.1 Å². The Morgan fingerprint density at radius 3 is 1.74 bits per heavy atom. The summed E-state index contributed by atoms with van der Waals surface area (Å²) < 4.78 is 5.68. The number of hydrogen-bond acceptors (Lipinski definition) is 23. The van der Waals surface area contributed by atoms with Crippen molar-refractivity contribution in [1.29, 1.82) is 0 Å². The lowest BCUT2D eigenvalue weighted by Gasteiger charge is -2.30. The second-order valence-corrected chi connectivity index (χ2v) is 27.6. The van der Waals surface area contributed by atoms with E-state index in [9.17, 15) is 116 Å². The molecule has 24 N–H and O–H groups in total. The van der Waals surface area contributed by atoms with E-state index in [1.54, 1.807) is 30.4 Å². The van der Waals surface area contributed by atoms with E-state index >= 15 is 0 Å². The van der Waals surface area contributed by atoms with Crippen molar-refractivity contribution in [2.75, 3.05) is 25.4 Å². The lowest BCUT2D eigenvalue weighted by atomic mass is 9.96. The van der Waals surface area contributed by atoms with Crippen molar-refractivity contribution >= 4 is 158 Å². The largest absolute Gasteiger partial charge is 0.481 e. The zero-order valence-electron chi connectivity index (χ0n) is 63.0. The minimum atomic E-state index is -2.46. The molecule has 115 heavy (non-hydrogen) atoms. The van der Waals surface area contributed by atoms with Gasteiger partial charge in [0.1, 0.15) is 72.6 Å². The number of Topliss-reactive ketones (excluding diaryl/α,β-unsaturated/α-hetero) is 1. The number of ether oxygens (including phenoxy) is 1. The fraction of sp³-hybridized carbons (Fsp3) is 0.465. The highest BCUT2D eigenvalue weighted by molar-refractivity contribution is 6.31. The van der Waals surface area contributed by atoms with Crippen LogP contribution in [0.15, 0.2) is 66.9 Å².